The van der Waals surface area contributed by atoms with Crippen molar-refractivity contribution in [2.75, 3.05) is 6.61 Å². The number of ketones is 1. The summed E-state index contributed by atoms with van der Waals surface area (Å²) in [5, 5.41) is 8.12. The molecule has 7 heteroatoms. The molecule has 1 N–H and O–H groups in total. The molecule has 0 unspecified atom stereocenters. The predicted molar refractivity (Wildman–Crippen MR) is 70.8 cm³/mol. The lowest BCUT2D eigenvalue weighted by Crippen LogP contribution is -2.20. The van der Waals surface area contributed by atoms with Gasteiger partial charge < -0.3 is 9.99 Å². The molecule has 1 aromatic carbocycles. The molecule has 0 spiro atoms. The molecule has 114 valence electrons. The molecule has 0 atom stereocenters. The summed E-state index contributed by atoms with van der Waals surface area (Å²) in [4.78, 5) is 39.1. The SMILES string of the molecule is CC(C)(OOC=CC(=O)COOC(=O)O)c1ccccc1. The fourth-order valence-corrected chi connectivity index (χ4v) is 1.33. The van der Waals surface area contributed by atoms with Crippen LogP contribution in [0.2, 0.25) is 0 Å². The Morgan fingerprint density at radius 1 is 1.24 bits per heavy atom. The quantitative estimate of drug-likeness (QED) is 0.341. The van der Waals surface area contributed by atoms with Gasteiger partial charge >= 0.3 is 6.16 Å². The van der Waals surface area contributed by atoms with Crippen LogP contribution in [0.1, 0.15) is 19.4 Å². The van der Waals surface area contributed by atoms with Crippen molar-refractivity contribution in [3.8, 4) is 0 Å². The molecule has 0 radical (unpaired) electrons. The topological polar surface area (TPSA) is 91.3 Å². The van der Waals surface area contributed by atoms with E-state index in [4.69, 9.17) is 14.9 Å². The van der Waals surface area contributed by atoms with Crippen LogP contribution in [-0.4, -0.2) is 23.7 Å². The van der Waals surface area contributed by atoms with E-state index in [2.05, 4.69) is 9.78 Å². The zero-order chi connectivity index (χ0) is 15.7. The lowest BCUT2D eigenvalue weighted by Gasteiger charge is -2.22. The number of hydrogen-bond acceptors (Lipinski definition) is 6. The Labute approximate surface area is 121 Å². The van der Waals surface area contributed by atoms with Crippen molar-refractivity contribution in [3.63, 3.8) is 0 Å². The molecule has 0 bridgehead atoms. The van der Waals surface area contributed by atoms with Gasteiger partial charge in [-0.25, -0.2) is 4.79 Å². The third kappa shape index (κ3) is 6.55. The van der Waals surface area contributed by atoms with Crippen LogP contribution in [-0.2, 0) is 29.9 Å². The zero-order valence-electron chi connectivity index (χ0n) is 11.6. The van der Waals surface area contributed by atoms with Crippen LogP contribution >= 0.6 is 0 Å². The summed E-state index contributed by atoms with van der Waals surface area (Å²) in [7, 11) is 0. The molecule has 0 fully saturated rings. The summed E-state index contributed by atoms with van der Waals surface area (Å²) in [6.45, 7) is 3.07. The summed E-state index contributed by atoms with van der Waals surface area (Å²) >= 11 is 0. The van der Waals surface area contributed by atoms with Crippen molar-refractivity contribution in [2.45, 2.75) is 19.4 Å². The highest BCUT2D eigenvalue weighted by molar-refractivity contribution is 5.90. The highest BCUT2D eigenvalue weighted by Crippen LogP contribution is 2.24. The van der Waals surface area contributed by atoms with Gasteiger partial charge in [-0.3, -0.25) is 9.68 Å². The zero-order valence-corrected chi connectivity index (χ0v) is 11.6. The van der Waals surface area contributed by atoms with E-state index in [1.807, 2.05) is 44.2 Å². The number of carbonyl (C=O) groups excluding carboxylic acids is 1. The van der Waals surface area contributed by atoms with Crippen LogP contribution in [0, 0.1) is 0 Å². The summed E-state index contributed by atoms with van der Waals surface area (Å²) in [5.74, 6) is -0.544. The largest absolute Gasteiger partial charge is 0.537 e. The van der Waals surface area contributed by atoms with Crippen molar-refractivity contribution in [1.29, 1.82) is 0 Å². The maximum Gasteiger partial charge on any atom is 0.537 e. The first kappa shape index (κ1) is 16.7. The highest BCUT2D eigenvalue weighted by Gasteiger charge is 2.22. The normalized spacial score (nSPS) is 11.3. The molecule has 1 rings (SSSR count). The van der Waals surface area contributed by atoms with Gasteiger partial charge in [0.1, 0.15) is 11.9 Å². The average molecular weight is 296 g/mol. The van der Waals surface area contributed by atoms with Gasteiger partial charge in [0.2, 0.25) is 0 Å². The van der Waals surface area contributed by atoms with Crippen molar-refractivity contribution in [1.82, 2.24) is 0 Å². The Hall–Kier alpha value is -2.38. The number of carbonyl (C=O) groups is 2. The molecule has 0 saturated carbocycles. The fraction of sp³-hybridized carbons (Fsp3) is 0.286. The van der Waals surface area contributed by atoms with E-state index >= 15 is 0 Å². The van der Waals surface area contributed by atoms with Crippen molar-refractivity contribution < 1.29 is 34.2 Å². The van der Waals surface area contributed by atoms with Crippen LogP contribution in [0.4, 0.5) is 4.79 Å². The molecule has 0 heterocycles. The molecule has 1 aromatic rings. The number of rotatable bonds is 8. The first-order valence-corrected chi connectivity index (χ1v) is 6.03. The summed E-state index contributed by atoms with van der Waals surface area (Å²) in [5.41, 5.74) is 0.209. The fourth-order valence-electron chi connectivity index (χ4n) is 1.33. The van der Waals surface area contributed by atoms with E-state index in [9.17, 15) is 9.59 Å². The van der Waals surface area contributed by atoms with E-state index in [1.165, 1.54) is 0 Å². The Bertz CT molecular complexity index is 493. The minimum absolute atomic E-state index is 0.544. The van der Waals surface area contributed by atoms with Crippen LogP contribution in [0.15, 0.2) is 42.7 Å². The smallest absolute Gasteiger partial charge is 0.448 e. The molecular weight excluding hydrogens is 280 g/mol. The van der Waals surface area contributed by atoms with Crippen LogP contribution in [0.3, 0.4) is 0 Å². The Balaban J connectivity index is 2.33. The maximum absolute atomic E-state index is 11.2. The summed E-state index contributed by atoms with van der Waals surface area (Å²) in [6, 6.07) is 9.40. The molecule has 0 amide bonds. The number of carboxylic acid groups (broad SMARTS) is 1. The molecule has 21 heavy (non-hydrogen) atoms. The summed E-state index contributed by atoms with van der Waals surface area (Å²) < 4.78 is 0. The Morgan fingerprint density at radius 3 is 2.52 bits per heavy atom. The molecule has 0 aromatic heterocycles. The van der Waals surface area contributed by atoms with Crippen molar-refractivity contribution in [2.24, 2.45) is 0 Å². The average Bonchev–Trinajstić information content (AvgIpc) is 2.44. The van der Waals surface area contributed by atoms with Gasteiger partial charge in [0, 0.05) is 6.08 Å². The van der Waals surface area contributed by atoms with E-state index in [1.54, 1.807) is 0 Å². The van der Waals surface area contributed by atoms with E-state index in [0.717, 1.165) is 17.9 Å². The number of hydrogen-bond donors (Lipinski definition) is 1. The second-order valence-corrected chi connectivity index (χ2v) is 4.44. The molecule has 7 nitrogen and oxygen atoms in total. The molecule has 0 aliphatic heterocycles. The predicted octanol–water partition coefficient (Wildman–Crippen LogP) is 2.58. The van der Waals surface area contributed by atoms with Gasteiger partial charge in [0.05, 0.1) is 0 Å². The second-order valence-electron chi connectivity index (χ2n) is 4.44. The van der Waals surface area contributed by atoms with Crippen LogP contribution in [0.25, 0.3) is 0 Å². The van der Waals surface area contributed by atoms with Gasteiger partial charge in [-0.15, -0.1) is 0 Å². The van der Waals surface area contributed by atoms with Crippen LogP contribution in [0.5, 0.6) is 0 Å². The van der Waals surface area contributed by atoms with E-state index in [-0.39, 0.29) is 0 Å². The third-order valence-electron chi connectivity index (χ3n) is 2.37. The standard InChI is InChI=1S/C14H16O7/c1-14(2,11-6-4-3-5-7-11)21-18-9-8-12(15)10-19-20-13(16)17/h3-9H,10H2,1-2H3,(H,16,17). The first-order valence-electron chi connectivity index (χ1n) is 6.03. The molecule has 0 aliphatic rings. The molecule has 0 aliphatic carbocycles. The molecular formula is C14H16O7. The van der Waals surface area contributed by atoms with Crippen molar-refractivity contribution in [3.05, 3.63) is 48.2 Å². The Kier molecular flexibility index (Phi) is 6.38. The maximum atomic E-state index is 11.2. The van der Waals surface area contributed by atoms with E-state index < -0.39 is 24.1 Å². The minimum atomic E-state index is -1.63. The summed E-state index contributed by atoms with van der Waals surface area (Å²) in [6.07, 6.45) is 0.444. The third-order valence-corrected chi connectivity index (χ3v) is 2.37. The van der Waals surface area contributed by atoms with Gasteiger partial charge in [0.15, 0.2) is 12.4 Å². The Morgan fingerprint density at radius 2 is 1.90 bits per heavy atom. The second kappa shape index (κ2) is 8.03. The minimum Gasteiger partial charge on any atom is -0.448 e. The van der Waals surface area contributed by atoms with Gasteiger partial charge in [0.25, 0.3) is 0 Å². The lowest BCUT2D eigenvalue weighted by molar-refractivity contribution is -0.321. The van der Waals surface area contributed by atoms with Crippen molar-refractivity contribution >= 4 is 11.9 Å². The monoisotopic (exact) mass is 296 g/mol. The van der Waals surface area contributed by atoms with Gasteiger partial charge in [-0.1, -0.05) is 30.3 Å². The number of benzene rings is 1. The van der Waals surface area contributed by atoms with Gasteiger partial charge in [-0.2, -0.15) is 9.78 Å². The van der Waals surface area contributed by atoms with Crippen LogP contribution < -0.4 is 0 Å². The lowest BCUT2D eigenvalue weighted by atomic mass is 9.99. The highest BCUT2D eigenvalue weighted by atomic mass is 17.2. The molecule has 0 saturated heterocycles. The van der Waals surface area contributed by atoms with Gasteiger partial charge in [-0.05, 0) is 19.4 Å². The first-order chi connectivity index (χ1) is 9.92. The van der Waals surface area contributed by atoms with E-state index in [0.29, 0.717) is 0 Å².